The molecule has 3 N–H and O–H groups in total. The largest absolute Gasteiger partial charge is 0.271 e. The van der Waals surface area contributed by atoms with E-state index in [4.69, 9.17) is 5.84 Å². The fraction of sp³-hybridized carbons (Fsp3) is 0.231. The third-order valence-electron chi connectivity index (χ3n) is 2.89. The van der Waals surface area contributed by atoms with Crippen LogP contribution in [0.5, 0.6) is 0 Å². The zero-order valence-corrected chi connectivity index (χ0v) is 10.7. The average Bonchev–Trinajstić information content (AvgIpc) is 2.76. The van der Waals surface area contributed by atoms with Gasteiger partial charge < -0.3 is 0 Å². The molecule has 0 aliphatic carbocycles. The Labute approximate surface area is 108 Å². The number of aryl methyl sites for hydroxylation is 1. The Hall–Kier alpha value is -1.30. The van der Waals surface area contributed by atoms with E-state index < -0.39 is 11.6 Å². The zero-order chi connectivity index (χ0) is 13.1. The van der Waals surface area contributed by atoms with Gasteiger partial charge in [-0.2, -0.15) is 0 Å². The molecule has 5 heteroatoms. The first kappa shape index (κ1) is 13.1. The SMILES string of the molecule is Cc1ccsc1C(Cc1c(F)cccc1F)NN. The van der Waals surface area contributed by atoms with Crippen molar-refractivity contribution in [1.82, 2.24) is 5.43 Å². The minimum absolute atomic E-state index is 0.0632. The summed E-state index contributed by atoms with van der Waals surface area (Å²) in [5.41, 5.74) is 3.76. The number of hydrogen-bond acceptors (Lipinski definition) is 3. The number of rotatable bonds is 4. The van der Waals surface area contributed by atoms with Crippen LogP contribution in [0, 0.1) is 18.6 Å². The molecule has 0 aliphatic heterocycles. The molecule has 0 saturated heterocycles. The van der Waals surface area contributed by atoms with E-state index in [0.717, 1.165) is 10.4 Å². The fourth-order valence-electron chi connectivity index (χ4n) is 1.90. The lowest BCUT2D eigenvalue weighted by Gasteiger charge is -2.16. The monoisotopic (exact) mass is 268 g/mol. The van der Waals surface area contributed by atoms with Crippen molar-refractivity contribution in [3.05, 3.63) is 57.3 Å². The smallest absolute Gasteiger partial charge is 0.129 e. The highest BCUT2D eigenvalue weighted by molar-refractivity contribution is 7.10. The molecule has 1 unspecified atom stereocenters. The molecule has 0 saturated carbocycles. The van der Waals surface area contributed by atoms with Crippen LogP contribution in [0.15, 0.2) is 29.6 Å². The van der Waals surface area contributed by atoms with Crippen molar-refractivity contribution in [3.8, 4) is 0 Å². The highest BCUT2D eigenvalue weighted by atomic mass is 32.1. The van der Waals surface area contributed by atoms with Crippen LogP contribution >= 0.6 is 11.3 Å². The first-order valence-corrected chi connectivity index (χ1v) is 6.44. The number of nitrogens with two attached hydrogens (primary N) is 1. The van der Waals surface area contributed by atoms with Gasteiger partial charge in [-0.25, -0.2) is 8.78 Å². The van der Waals surface area contributed by atoms with Gasteiger partial charge in [0.25, 0.3) is 0 Å². The third kappa shape index (κ3) is 2.58. The third-order valence-corrected chi connectivity index (χ3v) is 4.02. The molecule has 18 heavy (non-hydrogen) atoms. The van der Waals surface area contributed by atoms with Gasteiger partial charge in [0, 0.05) is 10.4 Å². The summed E-state index contributed by atoms with van der Waals surface area (Å²) in [7, 11) is 0. The van der Waals surface area contributed by atoms with Crippen molar-refractivity contribution < 1.29 is 8.78 Å². The maximum atomic E-state index is 13.6. The Morgan fingerprint density at radius 2 is 1.94 bits per heavy atom. The van der Waals surface area contributed by atoms with Gasteiger partial charge in [0.15, 0.2) is 0 Å². The summed E-state index contributed by atoms with van der Waals surface area (Å²) in [6.07, 6.45) is 0.191. The van der Waals surface area contributed by atoms with Crippen molar-refractivity contribution in [2.45, 2.75) is 19.4 Å². The summed E-state index contributed by atoms with van der Waals surface area (Å²) in [6, 6.07) is 5.55. The number of hydrogen-bond donors (Lipinski definition) is 2. The van der Waals surface area contributed by atoms with Gasteiger partial charge >= 0.3 is 0 Å². The first-order valence-electron chi connectivity index (χ1n) is 5.56. The summed E-state index contributed by atoms with van der Waals surface area (Å²) in [5, 5.41) is 1.94. The van der Waals surface area contributed by atoms with Gasteiger partial charge in [0.2, 0.25) is 0 Å². The van der Waals surface area contributed by atoms with Crippen molar-refractivity contribution in [2.24, 2.45) is 5.84 Å². The van der Waals surface area contributed by atoms with Gasteiger partial charge in [0.05, 0.1) is 6.04 Å². The van der Waals surface area contributed by atoms with Crippen LogP contribution in [0.1, 0.15) is 22.0 Å². The molecule has 0 radical (unpaired) electrons. The van der Waals surface area contributed by atoms with E-state index in [9.17, 15) is 8.78 Å². The Morgan fingerprint density at radius 1 is 1.28 bits per heavy atom. The normalized spacial score (nSPS) is 12.7. The molecular formula is C13H14F2N2S. The number of nitrogens with one attached hydrogen (secondary N) is 1. The molecular weight excluding hydrogens is 254 g/mol. The standard InChI is InChI=1S/C13H14F2N2S/c1-8-5-6-18-13(8)12(17-16)7-9-10(14)3-2-4-11(9)15/h2-6,12,17H,7,16H2,1H3. The van der Waals surface area contributed by atoms with Crippen LogP contribution in [0.4, 0.5) is 8.78 Å². The Kier molecular flexibility index (Phi) is 4.06. The summed E-state index contributed by atoms with van der Waals surface area (Å²) in [5.74, 6) is 4.42. The number of hydrazine groups is 1. The summed E-state index contributed by atoms with van der Waals surface area (Å²) in [4.78, 5) is 1.00. The average molecular weight is 268 g/mol. The van der Waals surface area contributed by atoms with Crippen LogP contribution in [0.3, 0.4) is 0 Å². The van der Waals surface area contributed by atoms with Gasteiger partial charge in [-0.3, -0.25) is 11.3 Å². The summed E-state index contributed by atoms with van der Waals surface area (Å²) < 4.78 is 27.2. The van der Waals surface area contributed by atoms with E-state index in [1.54, 1.807) is 0 Å². The van der Waals surface area contributed by atoms with Crippen LogP contribution in [-0.4, -0.2) is 0 Å². The number of benzene rings is 1. The van der Waals surface area contributed by atoms with Crippen molar-refractivity contribution >= 4 is 11.3 Å². The molecule has 1 aromatic heterocycles. The predicted octanol–water partition coefficient (Wildman–Crippen LogP) is 3.08. The van der Waals surface area contributed by atoms with Gasteiger partial charge in [-0.1, -0.05) is 6.07 Å². The van der Waals surface area contributed by atoms with E-state index in [-0.39, 0.29) is 18.0 Å². The Bertz CT molecular complexity index is 519. The van der Waals surface area contributed by atoms with Gasteiger partial charge in [-0.05, 0) is 42.5 Å². The number of halogens is 2. The molecule has 1 atom stereocenters. The molecule has 0 bridgehead atoms. The van der Waals surface area contributed by atoms with Crippen LogP contribution in [0.25, 0.3) is 0 Å². The quantitative estimate of drug-likeness (QED) is 0.660. The topological polar surface area (TPSA) is 38.0 Å². The Morgan fingerprint density at radius 3 is 2.44 bits per heavy atom. The number of thiophene rings is 1. The molecule has 0 aliphatic rings. The van der Waals surface area contributed by atoms with Gasteiger partial charge in [0.1, 0.15) is 11.6 Å². The zero-order valence-electron chi connectivity index (χ0n) is 9.91. The van der Waals surface area contributed by atoms with Crippen molar-refractivity contribution in [1.29, 1.82) is 0 Å². The molecule has 2 aromatic rings. The van der Waals surface area contributed by atoms with E-state index in [2.05, 4.69) is 5.43 Å². The van der Waals surface area contributed by atoms with Crippen LogP contribution < -0.4 is 11.3 Å². The van der Waals surface area contributed by atoms with Gasteiger partial charge in [-0.15, -0.1) is 11.3 Å². The maximum absolute atomic E-state index is 13.6. The lowest BCUT2D eigenvalue weighted by molar-refractivity contribution is 0.503. The summed E-state index contributed by atoms with van der Waals surface area (Å²) in [6.45, 7) is 1.95. The highest BCUT2D eigenvalue weighted by Gasteiger charge is 2.18. The first-order chi connectivity index (χ1) is 8.63. The second kappa shape index (κ2) is 5.56. The van der Waals surface area contributed by atoms with E-state index in [0.29, 0.717) is 0 Å². The molecule has 1 heterocycles. The predicted molar refractivity (Wildman–Crippen MR) is 69.2 cm³/mol. The Balaban J connectivity index is 2.29. The van der Waals surface area contributed by atoms with E-state index in [1.807, 2.05) is 18.4 Å². The second-order valence-corrected chi connectivity index (χ2v) is 5.04. The van der Waals surface area contributed by atoms with E-state index in [1.165, 1.54) is 29.5 Å². The maximum Gasteiger partial charge on any atom is 0.129 e. The summed E-state index contributed by atoms with van der Waals surface area (Å²) >= 11 is 1.53. The lowest BCUT2D eigenvalue weighted by atomic mass is 10.0. The molecule has 0 spiro atoms. The minimum atomic E-state index is -0.538. The lowest BCUT2D eigenvalue weighted by Crippen LogP contribution is -2.30. The molecule has 2 rings (SSSR count). The van der Waals surface area contributed by atoms with Crippen LogP contribution in [-0.2, 0) is 6.42 Å². The molecule has 0 amide bonds. The van der Waals surface area contributed by atoms with E-state index >= 15 is 0 Å². The minimum Gasteiger partial charge on any atom is -0.271 e. The fourth-order valence-corrected chi connectivity index (χ4v) is 2.89. The second-order valence-electron chi connectivity index (χ2n) is 4.09. The molecule has 1 aromatic carbocycles. The van der Waals surface area contributed by atoms with Crippen LogP contribution in [0.2, 0.25) is 0 Å². The van der Waals surface area contributed by atoms with Crippen molar-refractivity contribution in [3.63, 3.8) is 0 Å². The molecule has 2 nitrogen and oxygen atoms in total. The molecule has 0 fully saturated rings. The molecule has 96 valence electrons. The van der Waals surface area contributed by atoms with Crippen molar-refractivity contribution in [2.75, 3.05) is 0 Å². The highest BCUT2D eigenvalue weighted by Crippen LogP contribution is 2.27.